The molecule has 0 aliphatic heterocycles. The standard InChI is InChI=1S/C13H15ClO4/c1-3-17-12(15)11(13(16)18-4-2)9-7-5-6-8-10(9)14/h5-8,11H,3-4H2,1-2H3. The number of halogens is 1. The third kappa shape index (κ3) is 3.47. The number of carbonyl (C=O) groups is 2. The van der Waals surface area contributed by atoms with Crippen LogP contribution in [0.25, 0.3) is 0 Å². The molecule has 18 heavy (non-hydrogen) atoms. The molecule has 0 aliphatic carbocycles. The zero-order chi connectivity index (χ0) is 13.5. The first-order valence-corrected chi connectivity index (χ1v) is 6.07. The summed E-state index contributed by atoms with van der Waals surface area (Å²) in [5, 5.41) is 0.337. The fourth-order valence-corrected chi connectivity index (χ4v) is 1.76. The summed E-state index contributed by atoms with van der Waals surface area (Å²) in [6, 6.07) is 6.65. The van der Waals surface area contributed by atoms with E-state index in [1.165, 1.54) is 0 Å². The van der Waals surface area contributed by atoms with Gasteiger partial charge in [0.25, 0.3) is 0 Å². The smallest absolute Gasteiger partial charge is 0.324 e. The maximum atomic E-state index is 11.8. The van der Waals surface area contributed by atoms with Crippen LogP contribution < -0.4 is 0 Å². The molecule has 0 radical (unpaired) electrons. The topological polar surface area (TPSA) is 52.6 Å². The van der Waals surface area contributed by atoms with E-state index in [1.807, 2.05) is 0 Å². The third-order valence-electron chi connectivity index (χ3n) is 2.26. The van der Waals surface area contributed by atoms with E-state index in [2.05, 4.69) is 0 Å². The van der Waals surface area contributed by atoms with Crippen LogP contribution in [0.3, 0.4) is 0 Å². The van der Waals surface area contributed by atoms with Crippen LogP contribution in [0.5, 0.6) is 0 Å². The Bertz CT molecular complexity index is 413. The van der Waals surface area contributed by atoms with E-state index in [-0.39, 0.29) is 13.2 Å². The van der Waals surface area contributed by atoms with Gasteiger partial charge in [0.05, 0.1) is 13.2 Å². The van der Waals surface area contributed by atoms with Gasteiger partial charge in [-0.15, -0.1) is 0 Å². The molecular weight excluding hydrogens is 256 g/mol. The fraction of sp³-hybridized carbons (Fsp3) is 0.385. The molecule has 0 aliphatic rings. The maximum absolute atomic E-state index is 11.8. The van der Waals surface area contributed by atoms with Gasteiger partial charge in [0.2, 0.25) is 0 Å². The second-order valence-electron chi connectivity index (χ2n) is 3.46. The maximum Gasteiger partial charge on any atom is 0.324 e. The molecule has 0 saturated carbocycles. The summed E-state index contributed by atoms with van der Waals surface area (Å²) in [5.41, 5.74) is 0.399. The largest absolute Gasteiger partial charge is 0.465 e. The van der Waals surface area contributed by atoms with Gasteiger partial charge in [-0.05, 0) is 25.5 Å². The van der Waals surface area contributed by atoms with Crippen LogP contribution in [0.4, 0.5) is 0 Å². The van der Waals surface area contributed by atoms with Gasteiger partial charge in [0, 0.05) is 5.02 Å². The van der Waals surface area contributed by atoms with Crippen molar-refractivity contribution < 1.29 is 19.1 Å². The lowest BCUT2D eigenvalue weighted by molar-refractivity contribution is -0.156. The van der Waals surface area contributed by atoms with Crippen LogP contribution in [0, 0.1) is 0 Å². The van der Waals surface area contributed by atoms with Crippen molar-refractivity contribution in [3.05, 3.63) is 34.9 Å². The minimum absolute atomic E-state index is 0.194. The summed E-state index contributed by atoms with van der Waals surface area (Å²) in [4.78, 5) is 23.7. The predicted octanol–water partition coefficient (Wildman–Crippen LogP) is 2.55. The van der Waals surface area contributed by atoms with Crippen molar-refractivity contribution in [2.75, 3.05) is 13.2 Å². The zero-order valence-electron chi connectivity index (χ0n) is 10.3. The fourth-order valence-electron chi connectivity index (χ4n) is 1.51. The minimum Gasteiger partial charge on any atom is -0.465 e. The first kappa shape index (κ1) is 14.5. The zero-order valence-corrected chi connectivity index (χ0v) is 11.1. The second kappa shape index (κ2) is 7.01. The number of hydrogen-bond acceptors (Lipinski definition) is 4. The van der Waals surface area contributed by atoms with Crippen molar-refractivity contribution in [3.8, 4) is 0 Å². The van der Waals surface area contributed by atoms with Crippen molar-refractivity contribution in [1.29, 1.82) is 0 Å². The molecule has 0 unspecified atom stereocenters. The Labute approximate surface area is 111 Å². The SMILES string of the molecule is CCOC(=O)C(C(=O)OCC)c1ccccc1Cl. The lowest BCUT2D eigenvalue weighted by Gasteiger charge is -2.15. The van der Waals surface area contributed by atoms with Crippen molar-refractivity contribution in [3.63, 3.8) is 0 Å². The van der Waals surface area contributed by atoms with Crippen LogP contribution in [-0.4, -0.2) is 25.2 Å². The number of carbonyl (C=O) groups excluding carboxylic acids is 2. The Hall–Kier alpha value is -1.55. The molecule has 1 aromatic carbocycles. The van der Waals surface area contributed by atoms with E-state index in [1.54, 1.807) is 38.1 Å². The summed E-state index contributed by atoms with van der Waals surface area (Å²) in [6.07, 6.45) is 0. The molecule has 1 aromatic rings. The van der Waals surface area contributed by atoms with Gasteiger partial charge in [-0.1, -0.05) is 29.8 Å². The van der Waals surface area contributed by atoms with Gasteiger partial charge in [-0.3, -0.25) is 9.59 Å². The molecule has 0 bridgehead atoms. The van der Waals surface area contributed by atoms with Crippen LogP contribution >= 0.6 is 11.6 Å². The molecule has 4 nitrogen and oxygen atoms in total. The van der Waals surface area contributed by atoms with Gasteiger partial charge in [0.1, 0.15) is 0 Å². The van der Waals surface area contributed by atoms with Crippen molar-refractivity contribution in [2.24, 2.45) is 0 Å². The van der Waals surface area contributed by atoms with Gasteiger partial charge in [-0.2, -0.15) is 0 Å². The molecule has 0 spiro atoms. The molecule has 0 aromatic heterocycles. The molecule has 0 fully saturated rings. The quantitative estimate of drug-likeness (QED) is 0.609. The summed E-state index contributed by atoms with van der Waals surface area (Å²) in [6.45, 7) is 3.73. The van der Waals surface area contributed by atoms with Crippen LogP contribution in [0.1, 0.15) is 25.3 Å². The molecule has 0 N–H and O–H groups in total. The van der Waals surface area contributed by atoms with Crippen molar-refractivity contribution in [2.45, 2.75) is 19.8 Å². The highest BCUT2D eigenvalue weighted by Crippen LogP contribution is 2.26. The van der Waals surface area contributed by atoms with Crippen LogP contribution in [0.15, 0.2) is 24.3 Å². The van der Waals surface area contributed by atoms with Gasteiger partial charge >= 0.3 is 11.9 Å². The number of rotatable bonds is 5. The monoisotopic (exact) mass is 270 g/mol. The van der Waals surface area contributed by atoms with E-state index in [0.717, 1.165) is 0 Å². The average Bonchev–Trinajstić information content (AvgIpc) is 2.33. The molecule has 0 heterocycles. The van der Waals surface area contributed by atoms with E-state index >= 15 is 0 Å². The predicted molar refractivity (Wildman–Crippen MR) is 67.5 cm³/mol. The summed E-state index contributed by atoms with van der Waals surface area (Å²) in [7, 11) is 0. The molecular formula is C13H15ClO4. The molecule has 0 amide bonds. The first-order valence-electron chi connectivity index (χ1n) is 5.69. The number of ether oxygens (including phenoxy) is 2. The van der Waals surface area contributed by atoms with Gasteiger partial charge in [-0.25, -0.2) is 0 Å². The average molecular weight is 271 g/mol. The highest BCUT2D eigenvalue weighted by Gasteiger charge is 2.32. The third-order valence-corrected chi connectivity index (χ3v) is 2.61. The first-order chi connectivity index (χ1) is 8.61. The van der Waals surface area contributed by atoms with E-state index < -0.39 is 17.9 Å². The highest BCUT2D eigenvalue weighted by atomic mass is 35.5. The summed E-state index contributed by atoms with van der Waals surface area (Å²) >= 11 is 5.99. The normalized spacial score (nSPS) is 10.2. The number of esters is 2. The second-order valence-corrected chi connectivity index (χ2v) is 3.87. The van der Waals surface area contributed by atoms with Crippen molar-refractivity contribution >= 4 is 23.5 Å². The Morgan fingerprint density at radius 1 is 1.11 bits per heavy atom. The summed E-state index contributed by atoms with van der Waals surface area (Å²) in [5.74, 6) is -2.42. The Morgan fingerprint density at radius 3 is 2.06 bits per heavy atom. The number of hydrogen-bond donors (Lipinski definition) is 0. The Kier molecular flexibility index (Phi) is 5.65. The molecule has 0 atom stereocenters. The van der Waals surface area contributed by atoms with E-state index in [4.69, 9.17) is 21.1 Å². The molecule has 98 valence electrons. The lowest BCUT2D eigenvalue weighted by Crippen LogP contribution is -2.26. The highest BCUT2D eigenvalue weighted by molar-refractivity contribution is 6.32. The number of benzene rings is 1. The molecule has 0 saturated heterocycles. The van der Waals surface area contributed by atoms with E-state index in [0.29, 0.717) is 10.6 Å². The summed E-state index contributed by atoms with van der Waals surface area (Å²) < 4.78 is 9.76. The molecule has 1 rings (SSSR count). The van der Waals surface area contributed by atoms with Crippen molar-refractivity contribution in [1.82, 2.24) is 0 Å². The van der Waals surface area contributed by atoms with Crippen LogP contribution in [-0.2, 0) is 19.1 Å². The molecule has 5 heteroatoms. The van der Waals surface area contributed by atoms with Gasteiger partial charge in [0.15, 0.2) is 5.92 Å². The van der Waals surface area contributed by atoms with Gasteiger partial charge < -0.3 is 9.47 Å². The minimum atomic E-state index is -1.13. The lowest BCUT2D eigenvalue weighted by atomic mass is 9.99. The van der Waals surface area contributed by atoms with E-state index in [9.17, 15) is 9.59 Å². The van der Waals surface area contributed by atoms with Crippen LogP contribution in [0.2, 0.25) is 5.02 Å². The Morgan fingerprint density at radius 2 is 1.61 bits per heavy atom. The Balaban J connectivity index is 3.08.